The molecule has 156 valence electrons. The van der Waals surface area contributed by atoms with E-state index in [0.717, 1.165) is 56.8 Å². The number of aromatic nitrogens is 2. The van der Waals surface area contributed by atoms with Crippen molar-refractivity contribution in [2.45, 2.75) is 63.5 Å². The molecule has 6 nitrogen and oxygen atoms in total. The number of piperidine rings is 1. The molecule has 0 spiro atoms. The highest BCUT2D eigenvalue weighted by Gasteiger charge is 2.25. The number of ether oxygens (including phenoxy) is 1. The fraction of sp³-hybridized carbons (Fsp3) is 0.565. The lowest BCUT2D eigenvalue weighted by atomic mass is 9.94. The first-order valence-corrected chi connectivity index (χ1v) is 10.9. The molecule has 1 atom stereocenters. The van der Waals surface area contributed by atoms with E-state index in [1.54, 1.807) is 7.11 Å². The van der Waals surface area contributed by atoms with E-state index in [2.05, 4.69) is 32.5 Å². The number of methoxy groups -OCH3 is 1. The Kier molecular flexibility index (Phi) is 6.49. The van der Waals surface area contributed by atoms with Crippen LogP contribution in [0, 0.1) is 0 Å². The average Bonchev–Trinajstić information content (AvgIpc) is 3.25. The Morgan fingerprint density at radius 3 is 2.90 bits per heavy atom. The van der Waals surface area contributed by atoms with Gasteiger partial charge in [0.2, 0.25) is 0 Å². The normalized spacial score (nSPS) is 21.1. The summed E-state index contributed by atoms with van der Waals surface area (Å²) in [6, 6.07) is 10.5. The molecule has 2 N–H and O–H groups in total. The van der Waals surface area contributed by atoms with Crippen LogP contribution in [0.1, 0.15) is 72.6 Å². The van der Waals surface area contributed by atoms with Gasteiger partial charge in [0.1, 0.15) is 11.4 Å². The molecule has 1 saturated heterocycles. The van der Waals surface area contributed by atoms with E-state index in [0.29, 0.717) is 17.7 Å². The molecule has 1 amide bonds. The second-order valence-corrected chi connectivity index (χ2v) is 8.44. The maximum absolute atomic E-state index is 12.6. The van der Waals surface area contributed by atoms with Crippen LogP contribution in [0.2, 0.25) is 0 Å². The number of nitrogens with one attached hydrogen (secondary N) is 2. The maximum Gasteiger partial charge on any atom is 0.271 e. The molecule has 1 unspecified atom stereocenters. The first-order valence-electron chi connectivity index (χ1n) is 10.9. The number of amides is 1. The number of likely N-dealkylation sites (tertiary alicyclic amines) is 1. The summed E-state index contributed by atoms with van der Waals surface area (Å²) in [6.07, 6.45) is 8.16. The molecule has 6 heteroatoms. The standard InChI is InChI=1S/C23H32N4O2/c1-29-20-11-5-7-17(13-20)15-27-12-6-8-18(16-27)21-14-22(26-25-21)23(28)24-19-9-3-2-4-10-19/h5,7,11,13-14,18-19H,2-4,6,8-10,12,15-16H2,1H3,(H,24,28)(H,25,26). The zero-order chi connectivity index (χ0) is 20.1. The number of rotatable bonds is 6. The van der Waals surface area contributed by atoms with Gasteiger partial charge >= 0.3 is 0 Å². The summed E-state index contributed by atoms with van der Waals surface area (Å²) in [6.45, 7) is 2.98. The van der Waals surface area contributed by atoms with Gasteiger partial charge in [0.25, 0.3) is 5.91 Å². The summed E-state index contributed by atoms with van der Waals surface area (Å²) in [5, 5.41) is 10.6. The van der Waals surface area contributed by atoms with Gasteiger partial charge in [-0.05, 0) is 56.0 Å². The van der Waals surface area contributed by atoms with Gasteiger partial charge in [0.05, 0.1) is 7.11 Å². The van der Waals surface area contributed by atoms with Crippen molar-refractivity contribution in [3.63, 3.8) is 0 Å². The van der Waals surface area contributed by atoms with Gasteiger partial charge in [-0.25, -0.2) is 0 Å². The van der Waals surface area contributed by atoms with Crippen LogP contribution >= 0.6 is 0 Å². The van der Waals surface area contributed by atoms with E-state index in [9.17, 15) is 4.79 Å². The predicted molar refractivity (Wildman–Crippen MR) is 113 cm³/mol. The number of nitrogens with zero attached hydrogens (tertiary/aromatic N) is 2. The molecule has 4 rings (SSSR count). The number of H-pyrrole nitrogens is 1. The van der Waals surface area contributed by atoms with Crippen LogP contribution in [0.5, 0.6) is 5.75 Å². The van der Waals surface area contributed by atoms with Crippen LogP contribution in [0.15, 0.2) is 30.3 Å². The Hall–Kier alpha value is -2.34. The molecule has 2 aliphatic rings. The quantitative estimate of drug-likeness (QED) is 0.778. The van der Waals surface area contributed by atoms with Crippen molar-refractivity contribution < 1.29 is 9.53 Å². The van der Waals surface area contributed by atoms with Crippen molar-refractivity contribution >= 4 is 5.91 Å². The third-order valence-electron chi connectivity index (χ3n) is 6.26. The molecule has 1 aromatic carbocycles. The molecule has 1 saturated carbocycles. The molecule has 2 heterocycles. The molecule has 1 aliphatic carbocycles. The Morgan fingerprint density at radius 2 is 2.07 bits per heavy atom. The number of hydrogen-bond acceptors (Lipinski definition) is 4. The van der Waals surface area contributed by atoms with E-state index < -0.39 is 0 Å². The number of carbonyl (C=O) groups is 1. The van der Waals surface area contributed by atoms with Crippen LogP contribution < -0.4 is 10.1 Å². The Morgan fingerprint density at radius 1 is 1.21 bits per heavy atom. The molecule has 2 fully saturated rings. The summed E-state index contributed by atoms with van der Waals surface area (Å²) in [5.41, 5.74) is 2.87. The maximum atomic E-state index is 12.6. The van der Waals surface area contributed by atoms with Crippen molar-refractivity contribution in [3.05, 3.63) is 47.3 Å². The van der Waals surface area contributed by atoms with Gasteiger partial charge in [0.15, 0.2) is 0 Å². The van der Waals surface area contributed by atoms with Gasteiger partial charge in [0, 0.05) is 30.7 Å². The van der Waals surface area contributed by atoms with Crippen LogP contribution in [-0.4, -0.2) is 47.2 Å². The highest BCUT2D eigenvalue weighted by molar-refractivity contribution is 5.92. The minimum Gasteiger partial charge on any atom is -0.497 e. The predicted octanol–water partition coefficient (Wildman–Crippen LogP) is 3.86. The highest BCUT2D eigenvalue weighted by Crippen LogP contribution is 2.27. The summed E-state index contributed by atoms with van der Waals surface area (Å²) < 4.78 is 5.34. The van der Waals surface area contributed by atoms with Crippen molar-refractivity contribution in [2.75, 3.05) is 20.2 Å². The van der Waals surface area contributed by atoms with Gasteiger partial charge in [-0.2, -0.15) is 5.10 Å². The van der Waals surface area contributed by atoms with Crippen LogP contribution in [0.3, 0.4) is 0 Å². The Balaban J connectivity index is 1.35. The van der Waals surface area contributed by atoms with E-state index in [1.165, 1.54) is 24.8 Å². The van der Waals surface area contributed by atoms with E-state index in [-0.39, 0.29) is 5.91 Å². The lowest BCUT2D eigenvalue weighted by molar-refractivity contribution is 0.0922. The molecular weight excluding hydrogens is 364 g/mol. The largest absolute Gasteiger partial charge is 0.497 e. The number of aromatic amines is 1. The Bertz CT molecular complexity index is 813. The fourth-order valence-corrected chi connectivity index (χ4v) is 4.65. The van der Waals surface area contributed by atoms with Crippen molar-refractivity contribution in [1.29, 1.82) is 0 Å². The van der Waals surface area contributed by atoms with E-state index in [4.69, 9.17) is 4.74 Å². The minimum absolute atomic E-state index is 0.0385. The Labute approximate surface area is 173 Å². The number of benzene rings is 1. The monoisotopic (exact) mass is 396 g/mol. The van der Waals surface area contributed by atoms with Crippen LogP contribution in [0.25, 0.3) is 0 Å². The molecule has 2 aromatic rings. The third kappa shape index (κ3) is 5.18. The zero-order valence-corrected chi connectivity index (χ0v) is 17.3. The molecule has 1 aromatic heterocycles. The van der Waals surface area contributed by atoms with Crippen molar-refractivity contribution in [2.24, 2.45) is 0 Å². The second-order valence-electron chi connectivity index (χ2n) is 8.44. The summed E-state index contributed by atoms with van der Waals surface area (Å²) >= 11 is 0. The third-order valence-corrected chi connectivity index (χ3v) is 6.26. The first kappa shape index (κ1) is 20.0. The smallest absolute Gasteiger partial charge is 0.271 e. The van der Waals surface area contributed by atoms with Crippen LogP contribution in [-0.2, 0) is 6.54 Å². The van der Waals surface area contributed by atoms with Gasteiger partial charge in [-0.1, -0.05) is 31.4 Å². The van der Waals surface area contributed by atoms with Gasteiger partial charge in [-0.15, -0.1) is 0 Å². The van der Waals surface area contributed by atoms with Crippen molar-refractivity contribution in [1.82, 2.24) is 20.4 Å². The summed E-state index contributed by atoms with van der Waals surface area (Å²) in [7, 11) is 1.70. The van der Waals surface area contributed by atoms with Gasteiger partial charge < -0.3 is 10.1 Å². The number of hydrogen-bond donors (Lipinski definition) is 2. The molecule has 29 heavy (non-hydrogen) atoms. The lowest BCUT2D eigenvalue weighted by Crippen LogP contribution is -2.36. The second kappa shape index (κ2) is 9.44. The molecule has 0 radical (unpaired) electrons. The summed E-state index contributed by atoms with van der Waals surface area (Å²) in [5.74, 6) is 1.25. The summed E-state index contributed by atoms with van der Waals surface area (Å²) in [4.78, 5) is 15.0. The zero-order valence-electron chi connectivity index (χ0n) is 17.3. The molecular formula is C23H32N4O2. The SMILES string of the molecule is COc1cccc(CN2CCCC(c3cc(C(=O)NC4CCCCC4)n[nH]3)C2)c1. The van der Waals surface area contributed by atoms with E-state index >= 15 is 0 Å². The molecule has 1 aliphatic heterocycles. The first-order chi connectivity index (χ1) is 14.2. The topological polar surface area (TPSA) is 70.2 Å². The van der Waals surface area contributed by atoms with Gasteiger partial charge in [-0.3, -0.25) is 14.8 Å². The lowest BCUT2D eigenvalue weighted by Gasteiger charge is -2.32. The minimum atomic E-state index is -0.0385. The van der Waals surface area contributed by atoms with E-state index in [1.807, 2.05) is 18.2 Å². The molecule has 0 bridgehead atoms. The highest BCUT2D eigenvalue weighted by atomic mass is 16.5. The van der Waals surface area contributed by atoms with Crippen molar-refractivity contribution in [3.8, 4) is 5.75 Å². The average molecular weight is 397 g/mol. The fourth-order valence-electron chi connectivity index (χ4n) is 4.65. The number of carbonyl (C=O) groups excluding carboxylic acids is 1. The van der Waals surface area contributed by atoms with Crippen LogP contribution in [0.4, 0.5) is 0 Å².